The number of primary sulfonamides is 1. The Morgan fingerprint density at radius 2 is 1.95 bits per heavy atom. The Morgan fingerprint density at radius 3 is 2.42 bits per heavy atom. The number of amides is 1. The average Bonchev–Trinajstić information content (AvgIpc) is 2.24. The van der Waals surface area contributed by atoms with E-state index in [1.807, 2.05) is 20.8 Å². The molecule has 1 aromatic rings. The van der Waals surface area contributed by atoms with Crippen LogP contribution >= 0.6 is 0 Å². The van der Waals surface area contributed by atoms with Crippen molar-refractivity contribution in [2.24, 2.45) is 10.6 Å². The van der Waals surface area contributed by atoms with Crippen molar-refractivity contribution >= 4 is 15.9 Å². The van der Waals surface area contributed by atoms with E-state index < -0.39 is 26.6 Å². The molecule has 0 spiro atoms. The number of sulfonamides is 1. The summed E-state index contributed by atoms with van der Waals surface area (Å²) < 4.78 is 35.6. The summed E-state index contributed by atoms with van der Waals surface area (Å²) in [6.07, 6.45) is 0. The number of halogens is 1. The van der Waals surface area contributed by atoms with Crippen molar-refractivity contribution in [3.05, 3.63) is 29.6 Å². The quantitative estimate of drug-likeness (QED) is 0.877. The number of carbonyl (C=O) groups excluding carboxylic acids is 1. The topological polar surface area (TPSA) is 89.3 Å². The second-order valence-electron chi connectivity index (χ2n) is 5.43. The molecule has 0 fully saturated rings. The third-order valence-electron chi connectivity index (χ3n) is 2.28. The van der Waals surface area contributed by atoms with Gasteiger partial charge in [-0.15, -0.1) is 0 Å². The Balaban J connectivity index is 3.00. The maximum absolute atomic E-state index is 13.3. The maximum Gasteiger partial charge on any atom is 0.251 e. The number of rotatable bonds is 3. The SMILES string of the molecule is CC(C)(C)CNC(=O)c1ccc(F)c(S(N)(=O)=O)c1. The van der Waals surface area contributed by atoms with E-state index in [4.69, 9.17) is 5.14 Å². The molecule has 0 saturated carbocycles. The van der Waals surface area contributed by atoms with Crippen LogP contribution in [0.5, 0.6) is 0 Å². The third-order valence-corrected chi connectivity index (χ3v) is 3.21. The molecule has 0 bridgehead atoms. The first-order chi connectivity index (χ1) is 8.50. The first kappa shape index (κ1) is 15.6. The van der Waals surface area contributed by atoms with Gasteiger partial charge in [-0.1, -0.05) is 20.8 Å². The first-order valence-electron chi connectivity index (χ1n) is 5.61. The Kier molecular flexibility index (Phi) is 4.32. The van der Waals surface area contributed by atoms with E-state index in [1.165, 1.54) is 6.07 Å². The van der Waals surface area contributed by atoms with Gasteiger partial charge in [-0.2, -0.15) is 0 Å². The van der Waals surface area contributed by atoms with E-state index in [-0.39, 0.29) is 11.0 Å². The number of hydrogen-bond donors (Lipinski definition) is 2. The van der Waals surface area contributed by atoms with Crippen molar-refractivity contribution in [3.63, 3.8) is 0 Å². The lowest BCUT2D eigenvalue weighted by Crippen LogP contribution is -2.32. The molecule has 19 heavy (non-hydrogen) atoms. The molecule has 0 aromatic heterocycles. The number of nitrogens with one attached hydrogen (secondary N) is 1. The Labute approximate surface area is 112 Å². The summed E-state index contributed by atoms with van der Waals surface area (Å²) in [5.74, 6) is -1.45. The summed E-state index contributed by atoms with van der Waals surface area (Å²) in [6, 6.07) is 3.05. The van der Waals surface area contributed by atoms with Crippen molar-refractivity contribution in [2.75, 3.05) is 6.54 Å². The van der Waals surface area contributed by atoms with Crippen LogP contribution in [-0.2, 0) is 10.0 Å². The maximum atomic E-state index is 13.3. The monoisotopic (exact) mass is 288 g/mol. The standard InChI is InChI=1S/C12H17FN2O3S/c1-12(2,3)7-15-11(16)8-4-5-9(13)10(6-8)19(14,17)18/h4-6H,7H2,1-3H3,(H,15,16)(H2,14,17,18). The highest BCUT2D eigenvalue weighted by Gasteiger charge is 2.18. The van der Waals surface area contributed by atoms with Gasteiger partial charge in [0.25, 0.3) is 5.91 Å². The second kappa shape index (κ2) is 5.26. The molecule has 0 aliphatic carbocycles. The highest BCUT2D eigenvalue weighted by Crippen LogP contribution is 2.16. The number of hydrogen-bond acceptors (Lipinski definition) is 3. The van der Waals surface area contributed by atoms with Crippen LogP contribution in [0.15, 0.2) is 23.1 Å². The molecule has 7 heteroatoms. The fourth-order valence-electron chi connectivity index (χ4n) is 1.31. The summed E-state index contributed by atoms with van der Waals surface area (Å²) in [7, 11) is -4.19. The van der Waals surface area contributed by atoms with E-state index in [1.54, 1.807) is 0 Å². The van der Waals surface area contributed by atoms with E-state index >= 15 is 0 Å². The molecule has 0 atom stereocenters. The van der Waals surface area contributed by atoms with Gasteiger partial charge in [0.2, 0.25) is 10.0 Å². The predicted octanol–water partition coefficient (Wildman–Crippen LogP) is 1.25. The van der Waals surface area contributed by atoms with Crippen LogP contribution in [0.3, 0.4) is 0 Å². The van der Waals surface area contributed by atoms with Gasteiger partial charge in [-0.25, -0.2) is 17.9 Å². The minimum absolute atomic E-state index is 0.0506. The van der Waals surface area contributed by atoms with E-state index in [0.29, 0.717) is 6.54 Å². The molecule has 0 radical (unpaired) electrons. The summed E-state index contributed by atoms with van der Waals surface area (Å²) in [6.45, 7) is 6.23. The molecule has 0 saturated heterocycles. The molecule has 5 nitrogen and oxygen atoms in total. The molecule has 0 aliphatic heterocycles. The summed E-state index contributed by atoms with van der Waals surface area (Å²) in [4.78, 5) is 11.1. The van der Waals surface area contributed by atoms with Crippen molar-refractivity contribution < 1.29 is 17.6 Å². The summed E-state index contributed by atoms with van der Waals surface area (Å²) in [5, 5.41) is 7.51. The third kappa shape index (κ3) is 4.60. The normalized spacial score (nSPS) is 12.3. The van der Waals surface area contributed by atoms with Crippen LogP contribution in [0.25, 0.3) is 0 Å². The minimum atomic E-state index is -4.19. The fourth-order valence-corrected chi connectivity index (χ4v) is 1.94. The molecule has 1 aromatic carbocycles. The van der Waals surface area contributed by atoms with E-state index in [2.05, 4.69) is 5.32 Å². The van der Waals surface area contributed by atoms with Gasteiger partial charge in [-0.05, 0) is 23.6 Å². The zero-order valence-electron chi connectivity index (χ0n) is 11.0. The molecule has 1 rings (SSSR count). The highest BCUT2D eigenvalue weighted by atomic mass is 32.2. The number of nitrogens with two attached hydrogens (primary N) is 1. The summed E-state index contributed by atoms with van der Waals surface area (Å²) in [5.41, 5.74) is -0.0620. The number of benzene rings is 1. The highest BCUT2D eigenvalue weighted by molar-refractivity contribution is 7.89. The molecular weight excluding hydrogens is 271 g/mol. The number of carbonyl (C=O) groups is 1. The molecule has 3 N–H and O–H groups in total. The van der Waals surface area contributed by atoms with Gasteiger partial charge in [0.15, 0.2) is 0 Å². The van der Waals surface area contributed by atoms with Crippen LogP contribution in [0, 0.1) is 11.2 Å². The average molecular weight is 288 g/mol. The Bertz CT molecular complexity index is 591. The molecule has 106 valence electrons. The minimum Gasteiger partial charge on any atom is -0.352 e. The Morgan fingerprint density at radius 1 is 1.37 bits per heavy atom. The molecule has 0 aliphatic rings. The van der Waals surface area contributed by atoms with Crippen LogP contribution in [0.1, 0.15) is 31.1 Å². The zero-order valence-corrected chi connectivity index (χ0v) is 11.8. The largest absolute Gasteiger partial charge is 0.352 e. The lowest BCUT2D eigenvalue weighted by Gasteiger charge is -2.18. The van der Waals surface area contributed by atoms with Gasteiger partial charge in [0, 0.05) is 12.1 Å². The van der Waals surface area contributed by atoms with Gasteiger partial charge in [0.1, 0.15) is 10.7 Å². The molecule has 0 unspecified atom stereocenters. The van der Waals surface area contributed by atoms with Crippen molar-refractivity contribution in [1.29, 1.82) is 0 Å². The fraction of sp³-hybridized carbons (Fsp3) is 0.417. The first-order valence-corrected chi connectivity index (χ1v) is 7.16. The van der Waals surface area contributed by atoms with Crippen molar-refractivity contribution in [3.8, 4) is 0 Å². The second-order valence-corrected chi connectivity index (χ2v) is 6.96. The van der Waals surface area contributed by atoms with E-state index in [9.17, 15) is 17.6 Å². The smallest absolute Gasteiger partial charge is 0.251 e. The van der Waals surface area contributed by atoms with Gasteiger partial charge >= 0.3 is 0 Å². The van der Waals surface area contributed by atoms with Crippen LogP contribution in [0.2, 0.25) is 0 Å². The molecule has 1 amide bonds. The molecular formula is C12H17FN2O3S. The molecule has 0 heterocycles. The lowest BCUT2D eigenvalue weighted by atomic mass is 9.97. The Hall–Kier alpha value is -1.47. The van der Waals surface area contributed by atoms with Crippen molar-refractivity contribution in [1.82, 2.24) is 5.32 Å². The van der Waals surface area contributed by atoms with Crippen LogP contribution < -0.4 is 10.5 Å². The van der Waals surface area contributed by atoms with Gasteiger partial charge < -0.3 is 5.32 Å². The summed E-state index contributed by atoms with van der Waals surface area (Å²) >= 11 is 0. The predicted molar refractivity (Wildman–Crippen MR) is 69.6 cm³/mol. The van der Waals surface area contributed by atoms with E-state index in [0.717, 1.165) is 12.1 Å². The van der Waals surface area contributed by atoms with Gasteiger partial charge in [0.05, 0.1) is 0 Å². The van der Waals surface area contributed by atoms with Crippen molar-refractivity contribution in [2.45, 2.75) is 25.7 Å². The van der Waals surface area contributed by atoms with Crippen LogP contribution in [0.4, 0.5) is 4.39 Å². The zero-order chi connectivity index (χ0) is 14.8. The lowest BCUT2D eigenvalue weighted by molar-refractivity contribution is 0.0939. The van der Waals surface area contributed by atoms with Gasteiger partial charge in [-0.3, -0.25) is 4.79 Å². The van der Waals surface area contributed by atoms with Crippen LogP contribution in [-0.4, -0.2) is 20.9 Å².